The predicted molar refractivity (Wildman–Crippen MR) is 111 cm³/mol. The summed E-state index contributed by atoms with van der Waals surface area (Å²) in [5, 5.41) is 21.3. The number of amides is 1. The molecule has 0 aliphatic heterocycles. The molecule has 1 aromatic heterocycles. The molecule has 6 nitrogen and oxygen atoms in total. The minimum atomic E-state index is -0.474. The molecule has 0 saturated heterocycles. The Balaban J connectivity index is 2.09. The smallest absolute Gasteiger partial charge is 0.268 e. The number of nitrogens with zero attached hydrogens (tertiary/aromatic N) is 4. The molecule has 0 saturated carbocycles. The van der Waals surface area contributed by atoms with E-state index >= 15 is 0 Å². The van der Waals surface area contributed by atoms with Crippen molar-refractivity contribution in [1.29, 1.82) is 5.26 Å². The molecule has 2 rings (SSSR count). The summed E-state index contributed by atoms with van der Waals surface area (Å²) in [6.45, 7) is 10.3. The molecule has 142 valence electrons. The van der Waals surface area contributed by atoms with Crippen molar-refractivity contribution in [2.24, 2.45) is 5.92 Å². The molecule has 7 heteroatoms. The van der Waals surface area contributed by atoms with Crippen LogP contribution in [0.15, 0.2) is 29.8 Å². The lowest BCUT2D eigenvalue weighted by Gasteiger charge is -2.20. The number of anilines is 2. The van der Waals surface area contributed by atoms with Crippen LogP contribution in [0, 0.1) is 17.2 Å². The number of hydrogen-bond donors (Lipinski definition) is 1. The molecule has 0 aliphatic rings. The fourth-order valence-electron chi connectivity index (χ4n) is 2.59. The maximum absolute atomic E-state index is 12.4. The summed E-state index contributed by atoms with van der Waals surface area (Å²) >= 11 is 1.34. The quantitative estimate of drug-likeness (QED) is 0.547. The van der Waals surface area contributed by atoms with E-state index in [1.165, 1.54) is 11.3 Å². The predicted octanol–water partition coefficient (Wildman–Crippen LogP) is 4.13. The summed E-state index contributed by atoms with van der Waals surface area (Å²) in [5.41, 5.74) is 1.95. The van der Waals surface area contributed by atoms with Gasteiger partial charge in [0.15, 0.2) is 0 Å². The Bertz CT molecular complexity index is 829. The maximum Gasteiger partial charge on any atom is 0.268 e. The molecule has 0 fully saturated rings. The standard InChI is InChI=1S/C20H25N5OS/c1-5-25(6-2)17-9-7-15(8-10-17)12-16(13-21)19(26)22-20-24-23-18(27-20)11-14(3)4/h7-10,12,14H,5-6,11H2,1-4H3,(H,22,24,26)/b16-12-. The molecule has 1 amide bonds. The van der Waals surface area contributed by atoms with Crippen molar-refractivity contribution in [3.63, 3.8) is 0 Å². The van der Waals surface area contributed by atoms with E-state index < -0.39 is 5.91 Å². The molecule has 2 aromatic rings. The number of aromatic nitrogens is 2. The van der Waals surface area contributed by atoms with Crippen LogP contribution in [0.2, 0.25) is 0 Å². The molecular weight excluding hydrogens is 358 g/mol. The summed E-state index contributed by atoms with van der Waals surface area (Å²) in [6.07, 6.45) is 2.39. The highest BCUT2D eigenvalue weighted by Gasteiger charge is 2.13. The van der Waals surface area contributed by atoms with Crippen molar-refractivity contribution < 1.29 is 4.79 Å². The third kappa shape index (κ3) is 5.90. The van der Waals surface area contributed by atoms with E-state index in [1.54, 1.807) is 6.08 Å². The summed E-state index contributed by atoms with van der Waals surface area (Å²) in [7, 11) is 0. The average molecular weight is 384 g/mol. The third-order valence-corrected chi connectivity index (χ3v) is 4.83. The Morgan fingerprint density at radius 2 is 1.93 bits per heavy atom. The van der Waals surface area contributed by atoms with Gasteiger partial charge in [0.25, 0.3) is 5.91 Å². The molecule has 1 heterocycles. The van der Waals surface area contributed by atoms with E-state index in [0.29, 0.717) is 11.0 Å². The largest absolute Gasteiger partial charge is 0.372 e. The van der Waals surface area contributed by atoms with Crippen molar-refractivity contribution in [2.75, 3.05) is 23.3 Å². The Labute approximate surface area is 164 Å². The van der Waals surface area contributed by atoms with Gasteiger partial charge in [0.2, 0.25) is 5.13 Å². The van der Waals surface area contributed by atoms with Crippen LogP contribution >= 0.6 is 11.3 Å². The van der Waals surface area contributed by atoms with Crippen LogP contribution in [-0.2, 0) is 11.2 Å². The summed E-state index contributed by atoms with van der Waals surface area (Å²) in [6, 6.07) is 9.77. The fourth-order valence-corrected chi connectivity index (χ4v) is 3.53. The van der Waals surface area contributed by atoms with Gasteiger partial charge in [0, 0.05) is 25.2 Å². The second-order valence-electron chi connectivity index (χ2n) is 6.49. The van der Waals surface area contributed by atoms with E-state index in [4.69, 9.17) is 0 Å². The number of carbonyl (C=O) groups is 1. The van der Waals surface area contributed by atoms with Crippen LogP contribution in [0.25, 0.3) is 6.08 Å². The van der Waals surface area contributed by atoms with Gasteiger partial charge >= 0.3 is 0 Å². The summed E-state index contributed by atoms with van der Waals surface area (Å²) in [4.78, 5) is 14.6. The van der Waals surface area contributed by atoms with Gasteiger partial charge in [0.05, 0.1) is 0 Å². The number of nitriles is 1. The molecule has 27 heavy (non-hydrogen) atoms. The molecule has 1 N–H and O–H groups in total. The normalized spacial score (nSPS) is 11.3. The van der Waals surface area contributed by atoms with Gasteiger partial charge in [-0.3, -0.25) is 10.1 Å². The van der Waals surface area contributed by atoms with Gasteiger partial charge in [-0.15, -0.1) is 10.2 Å². The van der Waals surface area contributed by atoms with E-state index in [1.807, 2.05) is 30.3 Å². The lowest BCUT2D eigenvalue weighted by atomic mass is 10.1. The number of carbonyl (C=O) groups excluding carboxylic acids is 1. The summed E-state index contributed by atoms with van der Waals surface area (Å²) < 4.78 is 0. The van der Waals surface area contributed by atoms with Gasteiger partial charge < -0.3 is 4.90 Å². The molecule has 0 spiro atoms. The van der Waals surface area contributed by atoms with Crippen LogP contribution in [-0.4, -0.2) is 29.2 Å². The highest BCUT2D eigenvalue weighted by atomic mass is 32.1. The van der Waals surface area contributed by atoms with Crippen molar-refractivity contribution in [2.45, 2.75) is 34.1 Å². The van der Waals surface area contributed by atoms with E-state index in [-0.39, 0.29) is 5.57 Å². The molecule has 0 atom stereocenters. The van der Waals surface area contributed by atoms with Crippen LogP contribution in [0.5, 0.6) is 0 Å². The number of hydrogen-bond acceptors (Lipinski definition) is 6. The minimum Gasteiger partial charge on any atom is -0.372 e. The van der Waals surface area contributed by atoms with Gasteiger partial charge in [-0.05, 0) is 43.5 Å². The molecule has 0 bridgehead atoms. The van der Waals surface area contributed by atoms with Gasteiger partial charge in [-0.1, -0.05) is 37.3 Å². The Hall–Kier alpha value is -2.72. The Morgan fingerprint density at radius 3 is 2.48 bits per heavy atom. The van der Waals surface area contributed by atoms with Crippen molar-refractivity contribution in [3.8, 4) is 6.07 Å². The highest BCUT2D eigenvalue weighted by molar-refractivity contribution is 7.15. The second-order valence-corrected chi connectivity index (χ2v) is 7.55. The monoisotopic (exact) mass is 383 g/mol. The minimum absolute atomic E-state index is 0.0335. The van der Waals surface area contributed by atoms with Gasteiger partial charge in [-0.2, -0.15) is 5.26 Å². The van der Waals surface area contributed by atoms with Crippen LogP contribution in [0.1, 0.15) is 38.3 Å². The maximum atomic E-state index is 12.4. The second kappa shape index (κ2) is 9.83. The molecule has 0 unspecified atom stereocenters. The topological polar surface area (TPSA) is 81.9 Å². The van der Waals surface area contributed by atoms with Gasteiger partial charge in [0.1, 0.15) is 16.6 Å². The fraction of sp³-hybridized carbons (Fsp3) is 0.400. The first-order valence-corrected chi connectivity index (χ1v) is 9.89. The average Bonchev–Trinajstić information content (AvgIpc) is 3.07. The van der Waals surface area contributed by atoms with Crippen molar-refractivity contribution in [1.82, 2.24) is 10.2 Å². The lowest BCUT2D eigenvalue weighted by molar-refractivity contribution is -0.112. The number of benzene rings is 1. The van der Waals surface area contributed by atoms with Gasteiger partial charge in [-0.25, -0.2) is 0 Å². The molecular formula is C20H25N5OS. The highest BCUT2D eigenvalue weighted by Crippen LogP contribution is 2.20. The number of nitrogens with one attached hydrogen (secondary N) is 1. The molecule has 0 aliphatic carbocycles. The Morgan fingerprint density at radius 1 is 1.26 bits per heavy atom. The number of rotatable bonds is 8. The van der Waals surface area contributed by atoms with Crippen molar-refractivity contribution in [3.05, 3.63) is 40.4 Å². The molecule has 0 radical (unpaired) electrons. The first kappa shape index (κ1) is 20.6. The third-order valence-electron chi connectivity index (χ3n) is 3.97. The molecule has 1 aromatic carbocycles. The Kier molecular flexibility index (Phi) is 7.50. The zero-order valence-electron chi connectivity index (χ0n) is 16.2. The zero-order valence-corrected chi connectivity index (χ0v) is 17.0. The zero-order chi connectivity index (χ0) is 19.8. The lowest BCUT2D eigenvalue weighted by Crippen LogP contribution is -2.21. The van der Waals surface area contributed by atoms with Crippen LogP contribution < -0.4 is 10.2 Å². The summed E-state index contributed by atoms with van der Waals surface area (Å²) in [5.74, 6) is -0.00653. The van der Waals surface area contributed by atoms with E-state index in [2.05, 4.69) is 48.1 Å². The first-order valence-electron chi connectivity index (χ1n) is 9.07. The van der Waals surface area contributed by atoms with E-state index in [0.717, 1.165) is 35.8 Å². The van der Waals surface area contributed by atoms with Crippen molar-refractivity contribution >= 4 is 34.1 Å². The first-order chi connectivity index (χ1) is 13.0. The SMILES string of the molecule is CCN(CC)c1ccc(/C=C(/C#N)C(=O)Nc2nnc(CC(C)C)s2)cc1. The van der Waals surface area contributed by atoms with E-state index in [9.17, 15) is 10.1 Å². The van der Waals surface area contributed by atoms with Crippen LogP contribution in [0.4, 0.5) is 10.8 Å². The van der Waals surface area contributed by atoms with Crippen LogP contribution in [0.3, 0.4) is 0 Å².